The van der Waals surface area contributed by atoms with Gasteiger partial charge in [0.15, 0.2) is 6.61 Å². The third-order valence-electron chi connectivity index (χ3n) is 2.77. The average Bonchev–Trinajstić information content (AvgIpc) is 2.50. The maximum absolute atomic E-state index is 11.9. The molecule has 0 aliphatic carbocycles. The summed E-state index contributed by atoms with van der Waals surface area (Å²) in [6.45, 7) is 3.90. The number of esters is 1. The summed E-state index contributed by atoms with van der Waals surface area (Å²) < 4.78 is 30.6. The topological polar surface area (TPSA) is 102 Å². The lowest BCUT2D eigenvalue weighted by molar-refractivity contribution is -0.124. The van der Waals surface area contributed by atoms with E-state index in [1.807, 2.05) is 13.8 Å². The van der Waals surface area contributed by atoms with Gasteiger partial charge < -0.3 is 10.1 Å². The van der Waals surface area contributed by atoms with E-state index in [0.717, 1.165) is 6.07 Å². The van der Waals surface area contributed by atoms with Gasteiger partial charge in [0.25, 0.3) is 5.91 Å². The van der Waals surface area contributed by atoms with Crippen molar-refractivity contribution in [2.75, 3.05) is 20.2 Å². The summed E-state index contributed by atoms with van der Waals surface area (Å²) in [5.41, 5.74) is -0.0140. The van der Waals surface area contributed by atoms with Crippen LogP contribution in [0.1, 0.15) is 24.2 Å². The highest BCUT2D eigenvalue weighted by Gasteiger charge is 2.19. The number of nitrogens with one attached hydrogen (secondary N) is 2. The summed E-state index contributed by atoms with van der Waals surface area (Å²) >= 11 is 5.83. The van der Waals surface area contributed by atoms with Crippen molar-refractivity contribution in [1.82, 2.24) is 10.0 Å². The predicted molar refractivity (Wildman–Crippen MR) is 85.8 cm³/mol. The Morgan fingerprint density at radius 3 is 2.52 bits per heavy atom. The normalized spacial score (nSPS) is 11.3. The van der Waals surface area contributed by atoms with Gasteiger partial charge >= 0.3 is 5.97 Å². The summed E-state index contributed by atoms with van der Waals surface area (Å²) in [5.74, 6) is -0.960. The lowest BCUT2D eigenvalue weighted by Gasteiger charge is -2.09. The van der Waals surface area contributed by atoms with Gasteiger partial charge in [0.2, 0.25) is 10.0 Å². The Kier molecular flexibility index (Phi) is 6.99. The van der Waals surface area contributed by atoms with Crippen molar-refractivity contribution < 1.29 is 22.7 Å². The molecule has 23 heavy (non-hydrogen) atoms. The highest BCUT2D eigenvalue weighted by Crippen LogP contribution is 2.22. The molecule has 0 saturated heterocycles. The summed E-state index contributed by atoms with van der Waals surface area (Å²) in [6, 6.07) is 3.70. The van der Waals surface area contributed by atoms with E-state index in [1.165, 1.54) is 19.2 Å². The van der Waals surface area contributed by atoms with E-state index in [1.54, 1.807) is 0 Å². The van der Waals surface area contributed by atoms with Crippen LogP contribution in [0, 0.1) is 5.92 Å². The second-order valence-electron chi connectivity index (χ2n) is 5.13. The van der Waals surface area contributed by atoms with Crippen LogP contribution in [-0.2, 0) is 19.6 Å². The van der Waals surface area contributed by atoms with Crippen molar-refractivity contribution in [2.45, 2.75) is 18.7 Å². The Morgan fingerprint density at radius 2 is 1.96 bits per heavy atom. The molecule has 1 aromatic rings. The number of sulfonamides is 1. The summed E-state index contributed by atoms with van der Waals surface area (Å²) in [5, 5.41) is 2.58. The van der Waals surface area contributed by atoms with Gasteiger partial charge in [0.1, 0.15) is 4.90 Å². The fraction of sp³-hybridized carbons (Fsp3) is 0.429. The number of ether oxygens (including phenoxy) is 1. The van der Waals surface area contributed by atoms with Crippen LogP contribution in [-0.4, -0.2) is 40.5 Å². The lowest BCUT2D eigenvalue weighted by atomic mass is 10.2. The fourth-order valence-electron chi connectivity index (χ4n) is 1.53. The van der Waals surface area contributed by atoms with E-state index in [9.17, 15) is 18.0 Å². The average molecular weight is 363 g/mol. The molecule has 1 aromatic carbocycles. The molecule has 0 heterocycles. The van der Waals surface area contributed by atoms with Gasteiger partial charge in [-0.2, -0.15) is 0 Å². The molecule has 128 valence electrons. The summed E-state index contributed by atoms with van der Waals surface area (Å²) in [4.78, 5) is 23.2. The van der Waals surface area contributed by atoms with E-state index in [2.05, 4.69) is 10.0 Å². The van der Waals surface area contributed by atoms with Crippen LogP contribution in [0.4, 0.5) is 0 Å². The van der Waals surface area contributed by atoms with Gasteiger partial charge in [0.05, 0.1) is 10.6 Å². The van der Waals surface area contributed by atoms with E-state index < -0.39 is 28.5 Å². The Labute approximate surface area is 140 Å². The number of hydrogen-bond acceptors (Lipinski definition) is 5. The maximum atomic E-state index is 11.9. The third kappa shape index (κ3) is 5.81. The first-order valence-corrected chi connectivity index (χ1v) is 8.70. The van der Waals surface area contributed by atoms with Crippen molar-refractivity contribution in [3.05, 3.63) is 28.8 Å². The number of hydrogen-bond donors (Lipinski definition) is 2. The minimum Gasteiger partial charge on any atom is -0.452 e. The van der Waals surface area contributed by atoms with E-state index in [4.69, 9.17) is 16.3 Å². The van der Waals surface area contributed by atoms with Crippen molar-refractivity contribution in [3.63, 3.8) is 0 Å². The molecule has 0 spiro atoms. The van der Waals surface area contributed by atoms with Crippen LogP contribution in [0.2, 0.25) is 5.02 Å². The minimum atomic E-state index is -3.80. The minimum absolute atomic E-state index is 0.0140. The monoisotopic (exact) mass is 362 g/mol. The number of carbonyl (C=O) groups excluding carboxylic acids is 2. The molecule has 1 amide bonds. The molecular weight excluding hydrogens is 344 g/mol. The van der Waals surface area contributed by atoms with Gasteiger partial charge in [-0.1, -0.05) is 25.4 Å². The van der Waals surface area contributed by atoms with E-state index >= 15 is 0 Å². The van der Waals surface area contributed by atoms with Gasteiger partial charge in [-0.3, -0.25) is 4.79 Å². The molecule has 0 saturated carbocycles. The number of benzene rings is 1. The van der Waals surface area contributed by atoms with Crippen molar-refractivity contribution in [1.29, 1.82) is 0 Å². The molecule has 0 fully saturated rings. The molecule has 0 aromatic heterocycles. The zero-order valence-electron chi connectivity index (χ0n) is 13.1. The molecule has 0 radical (unpaired) electrons. The smallest absolute Gasteiger partial charge is 0.338 e. The van der Waals surface area contributed by atoms with Gasteiger partial charge in [-0.15, -0.1) is 0 Å². The highest BCUT2D eigenvalue weighted by molar-refractivity contribution is 7.89. The Balaban J connectivity index is 2.78. The first-order chi connectivity index (χ1) is 10.7. The number of carbonyl (C=O) groups is 2. The Morgan fingerprint density at radius 1 is 1.30 bits per heavy atom. The first kappa shape index (κ1) is 19.4. The zero-order valence-corrected chi connectivity index (χ0v) is 14.6. The van der Waals surface area contributed by atoms with Crippen LogP contribution in [0.25, 0.3) is 0 Å². The van der Waals surface area contributed by atoms with Gasteiger partial charge in [-0.25, -0.2) is 17.9 Å². The van der Waals surface area contributed by atoms with Crippen molar-refractivity contribution in [3.8, 4) is 0 Å². The summed E-state index contributed by atoms with van der Waals surface area (Å²) in [6.07, 6.45) is 0. The molecule has 2 N–H and O–H groups in total. The van der Waals surface area contributed by atoms with Crippen LogP contribution in [0.15, 0.2) is 23.1 Å². The van der Waals surface area contributed by atoms with Crippen LogP contribution >= 0.6 is 11.6 Å². The molecule has 0 atom stereocenters. The highest BCUT2D eigenvalue weighted by atomic mass is 35.5. The summed E-state index contributed by atoms with van der Waals surface area (Å²) in [7, 11) is -2.57. The molecule has 0 aliphatic rings. The number of amides is 1. The SMILES string of the molecule is CNS(=O)(=O)c1cc(C(=O)OCC(=O)NCC(C)C)ccc1Cl. The zero-order chi connectivity index (χ0) is 17.6. The van der Waals surface area contributed by atoms with E-state index in [0.29, 0.717) is 6.54 Å². The van der Waals surface area contributed by atoms with Gasteiger partial charge in [-0.05, 0) is 31.2 Å². The van der Waals surface area contributed by atoms with Crippen molar-refractivity contribution >= 4 is 33.5 Å². The molecule has 7 nitrogen and oxygen atoms in total. The largest absolute Gasteiger partial charge is 0.452 e. The second-order valence-corrected chi connectivity index (χ2v) is 7.39. The molecule has 0 bridgehead atoms. The maximum Gasteiger partial charge on any atom is 0.338 e. The molecule has 1 rings (SSSR count). The van der Waals surface area contributed by atoms with Gasteiger partial charge in [0, 0.05) is 6.54 Å². The molecule has 9 heteroatoms. The van der Waals surface area contributed by atoms with Crippen LogP contribution < -0.4 is 10.0 Å². The Hall–Kier alpha value is -1.64. The standard InChI is InChI=1S/C14H19ClN2O5S/c1-9(2)7-17-13(18)8-22-14(19)10-4-5-11(15)12(6-10)23(20,21)16-3/h4-6,9,16H,7-8H2,1-3H3,(H,17,18). The molecule has 0 aliphatic heterocycles. The number of halogens is 1. The van der Waals surface area contributed by atoms with Crippen molar-refractivity contribution in [2.24, 2.45) is 5.92 Å². The molecule has 0 unspecified atom stereocenters. The van der Waals surface area contributed by atoms with E-state index in [-0.39, 0.29) is 21.4 Å². The molecular formula is C14H19ClN2O5S. The lowest BCUT2D eigenvalue weighted by Crippen LogP contribution is -2.31. The quantitative estimate of drug-likeness (QED) is 0.709. The van der Waals surface area contributed by atoms with Crippen LogP contribution in [0.5, 0.6) is 0 Å². The first-order valence-electron chi connectivity index (χ1n) is 6.84. The Bertz CT molecular complexity index is 688. The predicted octanol–water partition coefficient (Wildman–Crippen LogP) is 1.18. The fourth-order valence-corrected chi connectivity index (χ4v) is 2.78. The second kappa shape index (κ2) is 8.28. The van der Waals surface area contributed by atoms with Crippen LogP contribution in [0.3, 0.4) is 0 Å². The third-order valence-corrected chi connectivity index (χ3v) is 4.66. The number of rotatable bonds is 7.